The summed E-state index contributed by atoms with van der Waals surface area (Å²) < 4.78 is 0. The van der Waals surface area contributed by atoms with E-state index in [9.17, 15) is 0 Å². The third-order valence-electron chi connectivity index (χ3n) is 1.84. The van der Waals surface area contributed by atoms with Gasteiger partial charge in [-0.15, -0.1) is 0 Å². The van der Waals surface area contributed by atoms with Crippen LogP contribution in [-0.4, -0.2) is 18.5 Å². The van der Waals surface area contributed by atoms with Crippen molar-refractivity contribution in [1.29, 1.82) is 5.26 Å². The Morgan fingerprint density at radius 1 is 1.59 bits per heavy atom. The zero-order valence-electron chi connectivity index (χ0n) is 9.19. The molecule has 1 aromatic rings. The molecular weight excluding hydrogens is 236 g/mol. The summed E-state index contributed by atoms with van der Waals surface area (Å²) in [5, 5.41) is 14.9. The monoisotopic (exact) mass is 248 g/mol. The molecule has 0 spiro atoms. The Bertz CT molecular complexity index is 476. The number of rotatable bonds is 3. The van der Waals surface area contributed by atoms with Crippen molar-refractivity contribution in [3.63, 3.8) is 0 Å². The highest BCUT2D eigenvalue weighted by Gasteiger charge is 2.03. The summed E-state index contributed by atoms with van der Waals surface area (Å²) in [5.41, 5.74) is 4.00. The van der Waals surface area contributed by atoms with Gasteiger partial charge in [-0.1, -0.05) is 0 Å². The molecule has 0 saturated carbocycles. The number of nitrogens with one attached hydrogen (secondary N) is 3. The summed E-state index contributed by atoms with van der Waals surface area (Å²) in [7, 11) is 1.73. The average molecular weight is 248 g/mol. The van der Waals surface area contributed by atoms with E-state index in [4.69, 9.17) is 23.3 Å². The fourth-order valence-corrected chi connectivity index (χ4v) is 1.24. The summed E-state index contributed by atoms with van der Waals surface area (Å²) in [4.78, 5) is 4.08. The minimum atomic E-state index is 0.278. The van der Waals surface area contributed by atoms with Crippen molar-refractivity contribution < 1.29 is 0 Å². The van der Waals surface area contributed by atoms with Crippen LogP contribution in [0.25, 0.3) is 0 Å². The van der Waals surface area contributed by atoms with Gasteiger partial charge in [-0.2, -0.15) is 5.26 Å². The van der Waals surface area contributed by atoms with Crippen LogP contribution >= 0.6 is 12.2 Å². The van der Waals surface area contributed by atoms with E-state index < -0.39 is 0 Å². The number of nitrogens with two attached hydrogens (primary N) is 1. The quantitative estimate of drug-likeness (QED) is 0.205. The summed E-state index contributed by atoms with van der Waals surface area (Å²) in [5.74, 6) is 5.14. The van der Waals surface area contributed by atoms with E-state index >= 15 is 0 Å². The molecule has 0 amide bonds. The Balaban J connectivity index is 2.97. The maximum atomic E-state index is 8.99. The lowest BCUT2D eigenvalue weighted by Gasteiger charge is -2.07. The topological polar surface area (TPSA) is 98.3 Å². The van der Waals surface area contributed by atoms with Crippen LogP contribution in [0.15, 0.2) is 23.2 Å². The van der Waals surface area contributed by atoms with Gasteiger partial charge in [0.1, 0.15) is 6.07 Å². The first-order valence-corrected chi connectivity index (χ1v) is 5.13. The Labute approximate surface area is 104 Å². The lowest BCUT2D eigenvalue weighted by Crippen LogP contribution is -2.34. The number of nitriles is 1. The van der Waals surface area contributed by atoms with Crippen LogP contribution < -0.4 is 21.9 Å². The second-order valence-corrected chi connectivity index (χ2v) is 3.40. The van der Waals surface area contributed by atoms with Gasteiger partial charge in [-0.3, -0.25) is 0 Å². The molecule has 5 N–H and O–H groups in total. The molecular formula is C10H12N6S. The minimum absolute atomic E-state index is 0.278. The molecule has 6 nitrogen and oxygen atoms in total. The molecule has 0 aliphatic carbocycles. The van der Waals surface area contributed by atoms with E-state index in [2.05, 4.69) is 27.1 Å². The van der Waals surface area contributed by atoms with E-state index in [1.165, 1.54) is 6.34 Å². The number of hydrogen-bond donors (Lipinski definition) is 4. The van der Waals surface area contributed by atoms with Crippen molar-refractivity contribution in [2.45, 2.75) is 0 Å². The van der Waals surface area contributed by atoms with Crippen LogP contribution in [0.3, 0.4) is 0 Å². The molecule has 0 saturated heterocycles. The Morgan fingerprint density at radius 3 is 2.94 bits per heavy atom. The predicted molar refractivity (Wildman–Crippen MR) is 71.9 cm³/mol. The van der Waals surface area contributed by atoms with Crippen molar-refractivity contribution >= 4 is 35.0 Å². The zero-order chi connectivity index (χ0) is 12.7. The van der Waals surface area contributed by atoms with Crippen LogP contribution in [0, 0.1) is 11.3 Å². The first-order valence-electron chi connectivity index (χ1n) is 4.72. The van der Waals surface area contributed by atoms with Gasteiger partial charge >= 0.3 is 0 Å². The maximum Gasteiger partial charge on any atom is 0.185 e. The highest BCUT2D eigenvalue weighted by atomic mass is 32.1. The van der Waals surface area contributed by atoms with E-state index in [1.54, 1.807) is 25.2 Å². The van der Waals surface area contributed by atoms with E-state index in [-0.39, 0.29) is 5.11 Å². The van der Waals surface area contributed by atoms with Gasteiger partial charge in [0, 0.05) is 12.7 Å². The second-order valence-electron chi connectivity index (χ2n) is 2.99. The van der Waals surface area contributed by atoms with Gasteiger partial charge in [0.25, 0.3) is 0 Å². The average Bonchev–Trinajstić information content (AvgIpc) is 2.36. The molecule has 88 valence electrons. The van der Waals surface area contributed by atoms with Gasteiger partial charge in [-0.25, -0.2) is 10.8 Å². The molecule has 17 heavy (non-hydrogen) atoms. The molecule has 1 rings (SSSR count). The summed E-state index contributed by atoms with van der Waals surface area (Å²) in [6, 6.07) is 7.18. The van der Waals surface area contributed by atoms with Crippen LogP contribution in [0.2, 0.25) is 0 Å². The van der Waals surface area contributed by atoms with E-state index in [0.717, 1.165) is 0 Å². The van der Waals surface area contributed by atoms with E-state index in [0.29, 0.717) is 16.9 Å². The Hall–Kier alpha value is -2.17. The first kappa shape index (κ1) is 12.9. The third-order valence-corrected chi connectivity index (χ3v) is 2.06. The molecule has 0 radical (unpaired) electrons. The Morgan fingerprint density at radius 2 is 2.35 bits per heavy atom. The highest BCUT2D eigenvalue weighted by molar-refractivity contribution is 7.80. The van der Waals surface area contributed by atoms with Gasteiger partial charge in [0.05, 0.1) is 17.6 Å². The van der Waals surface area contributed by atoms with Gasteiger partial charge < -0.3 is 16.1 Å². The first-order chi connectivity index (χ1) is 8.21. The number of anilines is 1. The van der Waals surface area contributed by atoms with Crippen molar-refractivity contribution in [3.05, 3.63) is 23.8 Å². The number of thiocarbonyl (C=S) groups is 1. The molecule has 1 aromatic carbocycles. The smallest absolute Gasteiger partial charge is 0.185 e. The van der Waals surface area contributed by atoms with Gasteiger partial charge in [-0.05, 0) is 30.4 Å². The minimum Gasteiger partial charge on any atom is -0.379 e. The largest absolute Gasteiger partial charge is 0.379 e. The zero-order valence-corrected chi connectivity index (χ0v) is 10.0. The molecule has 0 fully saturated rings. The highest BCUT2D eigenvalue weighted by Crippen LogP contribution is 2.22. The van der Waals surface area contributed by atoms with Gasteiger partial charge in [0.2, 0.25) is 0 Å². The fourth-order valence-electron chi connectivity index (χ4n) is 1.12. The molecule has 0 atom stereocenters. The van der Waals surface area contributed by atoms with Crippen LogP contribution in [0.1, 0.15) is 5.56 Å². The van der Waals surface area contributed by atoms with E-state index in [1.807, 2.05) is 0 Å². The molecule has 0 bridgehead atoms. The maximum absolute atomic E-state index is 8.99. The number of hydrazine groups is 1. The van der Waals surface area contributed by atoms with Crippen LogP contribution in [0.4, 0.5) is 11.4 Å². The van der Waals surface area contributed by atoms with Crippen LogP contribution in [0.5, 0.6) is 0 Å². The van der Waals surface area contributed by atoms with Crippen LogP contribution in [-0.2, 0) is 0 Å². The number of hydrogen-bond acceptors (Lipinski definition) is 4. The summed E-state index contributed by atoms with van der Waals surface area (Å²) in [6.07, 6.45) is 1.51. The van der Waals surface area contributed by atoms with Crippen molar-refractivity contribution in [3.8, 4) is 6.07 Å². The summed E-state index contributed by atoms with van der Waals surface area (Å²) >= 11 is 4.85. The Kier molecular flexibility index (Phi) is 4.87. The lowest BCUT2D eigenvalue weighted by atomic mass is 10.2. The SMILES string of the molecule is CN/C=N/c1ccc(NC(=S)NN)cc1C#N. The number of aliphatic imine (C=N–C) groups is 1. The molecule has 0 heterocycles. The third kappa shape index (κ3) is 3.71. The number of benzene rings is 1. The lowest BCUT2D eigenvalue weighted by molar-refractivity contribution is 1.04. The van der Waals surface area contributed by atoms with Gasteiger partial charge in [0.15, 0.2) is 5.11 Å². The molecule has 0 unspecified atom stereocenters. The number of nitrogens with zero attached hydrogens (tertiary/aromatic N) is 2. The predicted octanol–water partition coefficient (Wildman–Crippen LogP) is 0.598. The molecule has 0 aliphatic rings. The van der Waals surface area contributed by atoms with Crippen molar-refractivity contribution in [1.82, 2.24) is 10.7 Å². The molecule has 0 aliphatic heterocycles. The fraction of sp³-hybridized carbons (Fsp3) is 0.100. The van der Waals surface area contributed by atoms with Crippen molar-refractivity contribution in [2.75, 3.05) is 12.4 Å². The summed E-state index contributed by atoms with van der Waals surface area (Å²) in [6.45, 7) is 0. The van der Waals surface area contributed by atoms with Crippen molar-refractivity contribution in [2.24, 2.45) is 10.8 Å². The standard InChI is InChI=1S/C10H12N6S/c1-13-6-14-9-3-2-8(4-7(9)5-11)15-10(17)16-12/h2-4,6H,12H2,1H3,(H,13,14)(H2,15,16,17). The molecule has 7 heteroatoms. The normalized spacial score (nSPS) is 9.71. The molecule has 0 aromatic heterocycles. The second kappa shape index (κ2) is 6.42.